The highest BCUT2D eigenvalue weighted by molar-refractivity contribution is 6.32. The van der Waals surface area contributed by atoms with E-state index in [1.165, 1.54) is 6.07 Å². The molecule has 1 aliphatic heterocycles. The monoisotopic (exact) mass is 369 g/mol. The lowest BCUT2D eigenvalue weighted by molar-refractivity contribution is -0.110. The molecule has 1 unspecified atom stereocenters. The summed E-state index contributed by atoms with van der Waals surface area (Å²) in [6.45, 7) is 4.48. The molecule has 0 saturated carbocycles. The molecule has 1 aliphatic rings. The van der Waals surface area contributed by atoms with Crippen LogP contribution in [-0.4, -0.2) is 25.7 Å². The zero-order valence-corrected chi connectivity index (χ0v) is 15.7. The number of aryl methyl sites for hydroxylation is 1. The van der Waals surface area contributed by atoms with Crippen LogP contribution in [0, 0.1) is 12.7 Å². The standard InChI is InChI=1S/C21H24FN3O2/c1-4-14(12-27-3)24-18-9-8-15(10-17(18)22)23-11-16-20-13(2)6-5-7-19(20)25-21(16)26/h5-11,14,23-24H,4,12H2,1-3H3,(H,25,26). The topological polar surface area (TPSA) is 62.4 Å². The summed E-state index contributed by atoms with van der Waals surface area (Å²) in [5.74, 6) is -0.531. The van der Waals surface area contributed by atoms with Gasteiger partial charge in [-0.15, -0.1) is 0 Å². The number of benzene rings is 2. The largest absolute Gasteiger partial charge is 0.383 e. The molecule has 3 N–H and O–H groups in total. The van der Waals surface area contributed by atoms with Crippen LogP contribution < -0.4 is 16.0 Å². The Morgan fingerprint density at radius 3 is 2.81 bits per heavy atom. The fraction of sp³-hybridized carbons (Fsp3) is 0.286. The molecule has 2 aromatic carbocycles. The lowest BCUT2D eigenvalue weighted by Crippen LogP contribution is -2.24. The van der Waals surface area contributed by atoms with E-state index in [1.807, 2.05) is 32.0 Å². The maximum Gasteiger partial charge on any atom is 0.257 e. The molecule has 1 amide bonds. The van der Waals surface area contributed by atoms with Gasteiger partial charge in [0.25, 0.3) is 5.91 Å². The van der Waals surface area contributed by atoms with Crippen molar-refractivity contribution in [1.29, 1.82) is 0 Å². The average molecular weight is 369 g/mol. The van der Waals surface area contributed by atoms with Crippen LogP contribution in [0.1, 0.15) is 24.5 Å². The van der Waals surface area contributed by atoms with Crippen molar-refractivity contribution in [1.82, 2.24) is 0 Å². The maximum absolute atomic E-state index is 14.4. The van der Waals surface area contributed by atoms with E-state index < -0.39 is 0 Å². The molecule has 3 rings (SSSR count). The number of fused-ring (bicyclic) bond motifs is 1. The highest BCUT2D eigenvalue weighted by Gasteiger charge is 2.25. The van der Waals surface area contributed by atoms with Gasteiger partial charge >= 0.3 is 0 Å². The predicted molar refractivity (Wildman–Crippen MR) is 107 cm³/mol. The molecule has 27 heavy (non-hydrogen) atoms. The van der Waals surface area contributed by atoms with E-state index in [0.29, 0.717) is 23.6 Å². The minimum absolute atomic E-state index is 0.0482. The van der Waals surface area contributed by atoms with Crippen molar-refractivity contribution >= 4 is 28.5 Å². The van der Waals surface area contributed by atoms with Gasteiger partial charge in [-0.2, -0.15) is 0 Å². The van der Waals surface area contributed by atoms with E-state index in [1.54, 1.807) is 25.4 Å². The molecule has 6 heteroatoms. The van der Waals surface area contributed by atoms with Gasteiger partial charge in [0.15, 0.2) is 0 Å². The Kier molecular flexibility index (Phi) is 5.76. The highest BCUT2D eigenvalue weighted by Crippen LogP contribution is 2.34. The molecule has 142 valence electrons. The molecular weight excluding hydrogens is 345 g/mol. The lowest BCUT2D eigenvalue weighted by Gasteiger charge is -2.18. The second kappa shape index (κ2) is 8.22. The van der Waals surface area contributed by atoms with Crippen molar-refractivity contribution < 1.29 is 13.9 Å². The number of carbonyl (C=O) groups excluding carboxylic acids is 1. The van der Waals surface area contributed by atoms with Crippen LogP contribution >= 0.6 is 0 Å². The van der Waals surface area contributed by atoms with Gasteiger partial charge < -0.3 is 20.7 Å². The number of ether oxygens (including phenoxy) is 1. The Morgan fingerprint density at radius 2 is 2.11 bits per heavy atom. The van der Waals surface area contributed by atoms with E-state index >= 15 is 0 Å². The normalized spacial score (nSPS) is 15.4. The lowest BCUT2D eigenvalue weighted by atomic mass is 10.0. The second-order valence-electron chi connectivity index (χ2n) is 6.55. The van der Waals surface area contributed by atoms with Gasteiger partial charge in [-0.3, -0.25) is 4.79 Å². The van der Waals surface area contributed by atoms with Crippen LogP contribution in [0.4, 0.5) is 21.5 Å². The summed E-state index contributed by atoms with van der Waals surface area (Å²) < 4.78 is 19.6. The van der Waals surface area contributed by atoms with Crippen molar-refractivity contribution in [3.8, 4) is 0 Å². The number of rotatable bonds is 7. The van der Waals surface area contributed by atoms with Gasteiger partial charge in [0.05, 0.1) is 17.9 Å². The van der Waals surface area contributed by atoms with Crippen LogP contribution in [0.3, 0.4) is 0 Å². The summed E-state index contributed by atoms with van der Waals surface area (Å²) >= 11 is 0. The van der Waals surface area contributed by atoms with Crippen molar-refractivity contribution in [3.05, 3.63) is 59.5 Å². The third kappa shape index (κ3) is 4.11. The Morgan fingerprint density at radius 1 is 1.30 bits per heavy atom. The first-order valence-electron chi connectivity index (χ1n) is 8.96. The molecule has 0 radical (unpaired) electrons. The van der Waals surface area contributed by atoms with Crippen LogP contribution in [-0.2, 0) is 9.53 Å². The summed E-state index contributed by atoms with van der Waals surface area (Å²) in [6, 6.07) is 10.6. The summed E-state index contributed by atoms with van der Waals surface area (Å²) in [6.07, 6.45) is 2.45. The van der Waals surface area contributed by atoms with Crippen LogP contribution in [0.15, 0.2) is 42.6 Å². The third-order valence-electron chi connectivity index (χ3n) is 4.61. The van der Waals surface area contributed by atoms with E-state index in [-0.39, 0.29) is 17.8 Å². The number of hydrogen-bond donors (Lipinski definition) is 3. The molecule has 2 aromatic rings. The molecule has 1 heterocycles. The van der Waals surface area contributed by atoms with Crippen molar-refractivity contribution in [2.45, 2.75) is 26.3 Å². The van der Waals surface area contributed by atoms with Gasteiger partial charge in [0.2, 0.25) is 0 Å². The SMILES string of the molecule is CCC(COC)Nc1ccc(NC=C2C(=O)Nc3cccc(C)c32)cc1F. The number of amides is 1. The first kappa shape index (κ1) is 18.9. The Bertz CT molecular complexity index is 880. The Labute approximate surface area is 158 Å². The number of carbonyl (C=O) groups is 1. The average Bonchev–Trinajstić information content (AvgIpc) is 2.97. The van der Waals surface area contributed by atoms with Crippen molar-refractivity contribution in [3.63, 3.8) is 0 Å². The quantitative estimate of drug-likeness (QED) is 0.634. The molecule has 0 spiro atoms. The van der Waals surface area contributed by atoms with Gasteiger partial charge in [-0.1, -0.05) is 19.1 Å². The number of nitrogens with one attached hydrogen (secondary N) is 3. The van der Waals surface area contributed by atoms with Crippen molar-refractivity contribution in [2.75, 3.05) is 29.7 Å². The van der Waals surface area contributed by atoms with E-state index in [2.05, 4.69) is 16.0 Å². The van der Waals surface area contributed by atoms with Gasteiger partial charge in [-0.25, -0.2) is 4.39 Å². The first-order valence-corrected chi connectivity index (χ1v) is 8.96. The zero-order valence-electron chi connectivity index (χ0n) is 15.7. The van der Waals surface area contributed by atoms with Gasteiger partial charge in [-0.05, 0) is 43.2 Å². The summed E-state index contributed by atoms with van der Waals surface area (Å²) in [5, 5.41) is 9.01. The van der Waals surface area contributed by atoms with Gasteiger partial charge in [0, 0.05) is 36.3 Å². The molecule has 0 aliphatic carbocycles. The summed E-state index contributed by atoms with van der Waals surface area (Å²) in [7, 11) is 1.63. The van der Waals surface area contributed by atoms with Crippen LogP contribution in [0.25, 0.3) is 5.57 Å². The molecule has 0 bridgehead atoms. The van der Waals surface area contributed by atoms with E-state index in [4.69, 9.17) is 4.74 Å². The third-order valence-corrected chi connectivity index (χ3v) is 4.61. The van der Waals surface area contributed by atoms with E-state index in [0.717, 1.165) is 23.2 Å². The Hall–Kier alpha value is -2.86. The smallest absolute Gasteiger partial charge is 0.257 e. The second-order valence-corrected chi connectivity index (χ2v) is 6.55. The first-order chi connectivity index (χ1) is 13.0. The number of anilines is 3. The molecule has 1 atom stereocenters. The Balaban J connectivity index is 1.77. The van der Waals surface area contributed by atoms with Crippen LogP contribution in [0.2, 0.25) is 0 Å². The minimum atomic E-state index is -0.361. The molecule has 0 saturated heterocycles. The number of methoxy groups -OCH3 is 1. The predicted octanol–water partition coefficient (Wildman–Crippen LogP) is 4.38. The zero-order chi connectivity index (χ0) is 19.4. The maximum atomic E-state index is 14.4. The molecule has 0 aromatic heterocycles. The number of halogens is 1. The fourth-order valence-electron chi connectivity index (χ4n) is 3.13. The van der Waals surface area contributed by atoms with E-state index in [9.17, 15) is 9.18 Å². The van der Waals surface area contributed by atoms with Crippen molar-refractivity contribution in [2.24, 2.45) is 0 Å². The fourth-order valence-corrected chi connectivity index (χ4v) is 3.13. The van der Waals surface area contributed by atoms with Crippen LogP contribution in [0.5, 0.6) is 0 Å². The highest BCUT2D eigenvalue weighted by atomic mass is 19.1. The molecule has 5 nitrogen and oxygen atoms in total. The summed E-state index contributed by atoms with van der Waals surface area (Å²) in [5.41, 5.74) is 4.21. The van der Waals surface area contributed by atoms with Gasteiger partial charge in [0.1, 0.15) is 5.82 Å². The minimum Gasteiger partial charge on any atom is -0.383 e. The number of hydrogen-bond acceptors (Lipinski definition) is 4. The molecular formula is C21H24FN3O2. The molecule has 0 fully saturated rings. The summed E-state index contributed by atoms with van der Waals surface area (Å²) in [4.78, 5) is 12.2.